The van der Waals surface area contributed by atoms with Gasteiger partial charge in [-0.25, -0.2) is 0 Å². The van der Waals surface area contributed by atoms with E-state index in [9.17, 15) is 0 Å². The van der Waals surface area contributed by atoms with Gasteiger partial charge in [-0.2, -0.15) is 0 Å². The van der Waals surface area contributed by atoms with E-state index in [0.717, 1.165) is 18.4 Å². The number of hydrogen-bond donors (Lipinski definition) is 0. The fourth-order valence-corrected chi connectivity index (χ4v) is 0. The van der Waals surface area contributed by atoms with Gasteiger partial charge in [0.05, 0.1) is 0 Å². The SMILES string of the molecule is C=C=C(C)C.C=CCC.C=CCC. The Kier molecular flexibility index (Phi) is 31.0. The van der Waals surface area contributed by atoms with E-state index in [-0.39, 0.29) is 0 Å². The normalized spacial score (nSPS) is 6.15. The van der Waals surface area contributed by atoms with Crippen molar-refractivity contribution in [2.75, 3.05) is 0 Å². The van der Waals surface area contributed by atoms with Gasteiger partial charge in [0.2, 0.25) is 0 Å². The lowest BCUT2D eigenvalue weighted by Crippen LogP contribution is -1.47. The standard InChI is InChI=1S/C5H8.2C4H8/c1-4-5(2)3;2*1-3-4-2/h1H2,2-3H3;2*3H,1,4H2,2H3. The molecular weight excluding hydrogens is 156 g/mol. The smallest absolute Gasteiger partial charge is 0.0351 e. The van der Waals surface area contributed by atoms with Crippen molar-refractivity contribution in [3.8, 4) is 0 Å². The van der Waals surface area contributed by atoms with Crippen molar-refractivity contribution in [1.29, 1.82) is 0 Å². The Morgan fingerprint density at radius 3 is 1.23 bits per heavy atom. The molecule has 0 unspecified atom stereocenters. The quantitative estimate of drug-likeness (QED) is 0.419. The van der Waals surface area contributed by atoms with Gasteiger partial charge in [-0.1, -0.05) is 32.6 Å². The molecule has 0 heterocycles. The predicted octanol–water partition coefficient (Wildman–Crippen LogP) is 4.90. The fraction of sp³-hybridized carbons (Fsp3) is 0.462. The third-order valence-corrected chi connectivity index (χ3v) is 0.931. The molecule has 0 atom stereocenters. The van der Waals surface area contributed by atoms with Crippen LogP contribution in [0.4, 0.5) is 0 Å². The highest BCUT2D eigenvalue weighted by Crippen LogP contribution is 1.77. The van der Waals surface area contributed by atoms with Gasteiger partial charge in [0, 0.05) is 0 Å². The highest BCUT2D eigenvalue weighted by atomic mass is 13.6. The zero-order valence-corrected chi connectivity index (χ0v) is 9.69. The maximum absolute atomic E-state index is 3.48. The largest absolute Gasteiger partial charge is 0.130 e. The summed E-state index contributed by atoms with van der Waals surface area (Å²) in [5, 5.41) is 0. The summed E-state index contributed by atoms with van der Waals surface area (Å²) < 4.78 is 0. The van der Waals surface area contributed by atoms with Crippen LogP contribution in [0.2, 0.25) is 0 Å². The Morgan fingerprint density at radius 2 is 1.23 bits per heavy atom. The summed E-state index contributed by atoms with van der Waals surface area (Å²) in [5.74, 6) is 0. The molecule has 0 aliphatic rings. The maximum Gasteiger partial charge on any atom is -0.0351 e. The minimum absolute atomic E-state index is 1.08. The summed E-state index contributed by atoms with van der Waals surface area (Å²) in [5.41, 5.74) is 3.84. The molecule has 0 aliphatic heterocycles. The molecule has 0 aliphatic carbocycles. The van der Waals surface area contributed by atoms with Crippen molar-refractivity contribution in [2.45, 2.75) is 40.5 Å². The molecule has 0 saturated heterocycles. The number of allylic oxidation sites excluding steroid dienone is 3. The van der Waals surface area contributed by atoms with Crippen LogP contribution in [0.5, 0.6) is 0 Å². The molecule has 76 valence electrons. The Hall–Kier alpha value is -1.00. The van der Waals surface area contributed by atoms with E-state index < -0.39 is 0 Å². The second kappa shape index (κ2) is 22.4. The van der Waals surface area contributed by atoms with Crippen molar-refractivity contribution >= 4 is 0 Å². The maximum atomic E-state index is 3.48. The van der Waals surface area contributed by atoms with Gasteiger partial charge in [-0.15, -0.1) is 18.9 Å². The summed E-state index contributed by atoms with van der Waals surface area (Å²) in [6.07, 6.45) is 5.92. The van der Waals surface area contributed by atoms with Crippen molar-refractivity contribution in [2.24, 2.45) is 0 Å². The van der Waals surface area contributed by atoms with E-state index in [1.165, 1.54) is 0 Å². The molecule has 0 heteroatoms. The van der Waals surface area contributed by atoms with E-state index in [1.807, 2.05) is 26.0 Å². The molecule has 0 fully saturated rings. The van der Waals surface area contributed by atoms with E-state index >= 15 is 0 Å². The molecule has 0 nitrogen and oxygen atoms in total. The molecule has 0 N–H and O–H groups in total. The first-order valence-electron chi connectivity index (χ1n) is 4.65. The Balaban J connectivity index is -0.000000117. The van der Waals surface area contributed by atoms with Crippen molar-refractivity contribution in [3.05, 3.63) is 43.2 Å². The van der Waals surface area contributed by atoms with E-state index in [2.05, 4.69) is 39.3 Å². The van der Waals surface area contributed by atoms with Gasteiger partial charge in [0.1, 0.15) is 0 Å². The van der Waals surface area contributed by atoms with Crippen molar-refractivity contribution in [3.63, 3.8) is 0 Å². The van der Waals surface area contributed by atoms with Crippen LogP contribution in [0.25, 0.3) is 0 Å². The monoisotopic (exact) mass is 180 g/mol. The molecule has 0 saturated carbocycles. The second-order valence-electron chi connectivity index (χ2n) is 2.57. The van der Waals surface area contributed by atoms with Gasteiger partial charge < -0.3 is 0 Å². The Morgan fingerprint density at radius 1 is 1.08 bits per heavy atom. The third kappa shape index (κ3) is 99.0. The summed E-state index contributed by atoms with van der Waals surface area (Å²) in [6, 6.07) is 0. The van der Waals surface area contributed by atoms with Crippen LogP contribution in [-0.4, -0.2) is 0 Å². The molecule has 0 aromatic heterocycles. The summed E-state index contributed by atoms with van der Waals surface area (Å²) >= 11 is 0. The molecule has 0 aromatic carbocycles. The molecule has 0 amide bonds. The summed E-state index contributed by atoms with van der Waals surface area (Å²) in [4.78, 5) is 0. The molecular formula is C13H24. The van der Waals surface area contributed by atoms with Crippen LogP contribution in [0, 0.1) is 0 Å². The Bertz CT molecular complexity index is 133. The van der Waals surface area contributed by atoms with E-state index in [0.29, 0.717) is 0 Å². The van der Waals surface area contributed by atoms with Crippen LogP contribution < -0.4 is 0 Å². The zero-order chi connectivity index (χ0) is 11.1. The average Bonchev–Trinajstić information content (AvgIpc) is 2.18. The van der Waals surface area contributed by atoms with Crippen LogP contribution in [0.1, 0.15) is 40.5 Å². The van der Waals surface area contributed by atoms with Crippen LogP contribution in [0.15, 0.2) is 43.2 Å². The first-order chi connectivity index (χ1) is 6.10. The predicted molar refractivity (Wildman–Crippen MR) is 65.0 cm³/mol. The highest BCUT2D eigenvalue weighted by molar-refractivity contribution is 4.87. The van der Waals surface area contributed by atoms with Gasteiger partial charge in [-0.3, -0.25) is 0 Å². The van der Waals surface area contributed by atoms with Gasteiger partial charge in [0.15, 0.2) is 0 Å². The summed E-state index contributed by atoms with van der Waals surface area (Å²) in [7, 11) is 0. The summed E-state index contributed by atoms with van der Waals surface area (Å²) in [6.45, 7) is 18.4. The lowest BCUT2D eigenvalue weighted by atomic mass is 10.4. The molecule has 0 spiro atoms. The van der Waals surface area contributed by atoms with Gasteiger partial charge >= 0.3 is 0 Å². The fourth-order valence-electron chi connectivity index (χ4n) is 0. The first-order valence-corrected chi connectivity index (χ1v) is 4.65. The number of hydrogen-bond acceptors (Lipinski definition) is 0. The third-order valence-electron chi connectivity index (χ3n) is 0.931. The lowest BCUT2D eigenvalue weighted by molar-refractivity contribution is 1.23. The highest BCUT2D eigenvalue weighted by Gasteiger charge is 1.57. The molecule has 0 rings (SSSR count). The zero-order valence-electron chi connectivity index (χ0n) is 9.69. The minimum Gasteiger partial charge on any atom is -0.130 e. The first kappa shape index (κ1) is 17.9. The Labute approximate surface area is 84.4 Å². The van der Waals surface area contributed by atoms with Crippen molar-refractivity contribution in [1.82, 2.24) is 0 Å². The molecule has 0 aromatic rings. The molecule has 13 heavy (non-hydrogen) atoms. The minimum atomic E-state index is 1.08. The average molecular weight is 180 g/mol. The van der Waals surface area contributed by atoms with E-state index in [1.54, 1.807) is 0 Å². The lowest BCUT2D eigenvalue weighted by Gasteiger charge is -1.67. The second-order valence-corrected chi connectivity index (χ2v) is 2.57. The van der Waals surface area contributed by atoms with Gasteiger partial charge in [-0.05, 0) is 32.3 Å². The topological polar surface area (TPSA) is 0 Å². The van der Waals surface area contributed by atoms with Crippen LogP contribution in [0.3, 0.4) is 0 Å². The van der Waals surface area contributed by atoms with Crippen LogP contribution in [-0.2, 0) is 0 Å². The van der Waals surface area contributed by atoms with Crippen molar-refractivity contribution < 1.29 is 0 Å². The molecule has 0 radical (unpaired) electrons. The van der Waals surface area contributed by atoms with Gasteiger partial charge in [0.25, 0.3) is 0 Å². The molecule has 0 bridgehead atoms. The van der Waals surface area contributed by atoms with Crippen LogP contribution >= 0.6 is 0 Å². The van der Waals surface area contributed by atoms with E-state index in [4.69, 9.17) is 0 Å². The number of rotatable bonds is 2.